The first kappa shape index (κ1) is 14.5. The lowest BCUT2D eigenvalue weighted by molar-refractivity contribution is -0.384. The van der Waals surface area contributed by atoms with Gasteiger partial charge in [-0.15, -0.1) is 0 Å². The summed E-state index contributed by atoms with van der Waals surface area (Å²) in [5.41, 5.74) is 5.31. The number of nitrogens with zero attached hydrogens (tertiary/aromatic N) is 4. The summed E-state index contributed by atoms with van der Waals surface area (Å²) in [6, 6.07) is 2.82. The number of nitro groups is 1. The summed E-state index contributed by atoms with van der Waals surface area (Å²) in [7, 11) is -3.19. The Hall–Kier alpha value is -1.94. The molecule has 2 rings (SSSR count). The summed E-state index contributed by atoms with van der Waals surface area (Å²) in [5, 5.41) is 10.7. The number of aromatic nitrogens is 1. The van der Waals surface area contributed by atoms with Crippen LogP contribution in [0.3, 0.4) is 0 Å². The molecule has 0 aliphatic carbocycles. The summed E-state index contributed by atoms with van der Waals surface area (Å²) in [4.78, 5) is 15.9. The Balaban J connectivity index is 2.11. The van der Waals surface area contributed by atoms with Gasteiger partial charge in [0.25, 0.3) is 0 Å². The molecule has 20 heavy (non-hydrogen) atoms. The first-order chi connectivity index (χ1) is 9.29. The molecule has 2 N–H and O–H groups in total. The lowest BCUT2D eigenvalue weighted by atomic mass is 10.3. The predicted octanol–water partition coefficient (Wildman–Crippen LogP) is -0.346. The van der Waals surface area contributed by atoms with Crippen molar-refractivity contribution in [1.82, 2.24) is 9.29 Å². The SMILES string of the molecule is CS(=O)(=O)N1CCN(c2ccc([N+](=O)[O-])c(N)n2)CC1. The smallest absolute Gasteiger partial charge is 0.311 e. The third-order valence-corrected chi connectivity index (χ3v) is 4.42. The molecule has 0 aromatic carbocycles. The van der Waals surface area contributed by atoms with E-state index >= 15 is 0 Å². The second-order valence-corrected chi connectivity index (χ2v) is 6.46. The molecule has 1 aliphatic rings. The molecule has 110 valence electrons. The van der Waals surface area contributed by atoms with E-state index in [-0.39, 0.29) is 11.5 Å². The van der Waals surface area contributed by atoms with Gasteiger partial charge in [-0.1, -0.05) is 0 Å². The standard InChI is InChI=1S/C10H15N5O4S/c1-20(18,19)14-6-4-13(5-7-14)9-3-2-8(15(16)17)10(11)12-9/h2-3H,4-7H2,1H3,(H2,11,12). The van der Waals surface area contributed by atoms with Crippen LogP contribution in [0.1, 0.15) is 0 Å². The molecule has 1 aromatic heterocycles. The third-order valence-electron chi connectivity index (χ3n) is 3.12. The molecular formula is C10H15N5O4S. The topological polar surface area (TPSA) is 123 Å². The van der Waals surface area contributed by atoms with Crippen molar-refractivity contribution in [2.24, 2.45) is 0 Å². The van der Waals surface area contributed by atoms with Crippen molar-refractivity contribution in [3.8, 4) is 0 Å². The molecule has 0 bridgehead atoms. The monoisotopic (exact) mass is 301 g/mol. The third kappa shape index (κ3) is 2.96. The van der Waals surface area contributed by atoms with Gasteiger partial charge in [-0.3, -0.25) is 10.1 Å². The summed E-state index contributed by atoms with van der Waals surface area (Å²) in [5.74, 6) is 0.374. The average Bonchev–Trinajstić information content (AvgIpc) is 2.37. The van der Waals surface area contributed by atoms with E-state index in [1.54, 1.807) is 0 Å². The van der Waals surface area contributed by atoms with E-state index in [4.69, 9.17) is 5.73 Å². The molecule has 0 radical (unpaired) electrons. The molecule has 1 aromatic rings. The van der Waals surface area contributed by atoms with E-state index in [1.165, 1.54) is 22.7 Å². The molecule has 10 heteroatoms. The second kappa shape index (κ2) is 5.21. The molecule has 0 amide bonds. The van der Waals surface area contributed by atoms with Gasteiger partial charge in [-0.25, -0.2) is 13.4 Å². The van der Waals surface area contributed by atoms with Gasteiger partial charge in [0.15, 0.2) is 0 Å². The number of anilines is 2. The Kier molecular flexibility index (Phi) is 3.77. The number of hydrogen-bond acceptors (Lipinski definition) is 7. The number of pyridine rings is 1. The van der Waals surface area contributed by atoms with Gasteiger partial charge in [0.2, 0.25) is 15.8 Å². The quantitative estimate of drug-likeness (QED) is 0.598. The number of piperazine rings is 1. The molecule has 1 aliphatic heterocycles. The highest BCUT2D eigenvalue weighted by molar-refractivity contribution is 7.88. The van der Waals surface area contributed by atoms with Gasteiger partial charge in [0.05, 0.1) is 11.2 Å². The van der Waals surface area contributed by atoms with Crippen LogP contribution < -0.4 is 10.6 Å². The highest BCUT2D eigenvalue weighted by atomic mass is 32.2. The molecule has 1 fully saturated rings. The van der Waals surface area contributed by atoms with Crippen LogP contribution in [0.25, 0.3) is 0 Å². The van der Waals surface area contributed by atoms with E-state index in [0.29, 0.717) is 32.0 Å². The van der Waals surface area contributed by atoms with Gasteiger partial charge >= 0.3 is 5.69 Å². The minimum Gasteiger partial charge on any atom is -0.378 e. The first-order valence-corrected chi connectivity index (χ1v) is 7.75. The van der Waals surface area contributed by atoms with Crippen LogP contribution in [0.2, 0.25) is 0 Å². The second-order valence-electron chi connectivity index (χ2n) is 4.48. The average molecular weight is 301 g/mol. The molecule has 2 heterocycles. The summed E-state index contributed by atoms with van der Waals surface area (Å²) in [6.07, 6.45) is 1.17. The Labute approximate surface area is 116 Å². The van der Waals surface area contributed by atoms with E-state index in [2.05, 4.69) is 4.98 Å². The molecular weight excluding hydrogens is 286 g/mol. The minimum atomic E-state index is -3.19. The summed E-state index contributed by atoms with van der Waals surface area (Å²) < 4.78 is 24.2. The lowest BCUT2D eigenvalue weighted by Crippen LogP contribution is -2.48. The normalized spacial score (nSPS) is 17.1. The Morgan fingerprint density at radius 1 is 1.30 bits per heavy atom. The minimum absolute atomic E-state index is 0.141. The number of sulfonamides is 1. The van der Waals surface area contributed by atoms with Gasteiger partial charge in [-0.2, -0.15) is 4.31 Å². The molecule has 0 saturated carbocycles. The van der Waals surface area contributed by atoms with Gasteiger partial charge < -0.3 is 10.6 Å². The Bertz CT molecular complexity index is 625. The van der Waals surface area contributed by atoms with E-state index in [9.17, 15) is 18.5 Å². The maximum Gasteiger partial charge on any atom is 0.311 e. The fourth-order valence-electron chi connectivity index (χ4n) is 2.04. The van der Waals surface area contributed by atoms with Crippen LogP contribution >= 0.6 is 0 Å². The van der Waals surface area contributed by atoms with Crippen molar-refractivity contribution in [2.75, 3.05) is 43.1 Å². The molecule has 9 nitrogen and oxygen atoms in total. The van der Waals surface area contributed by atoms with Gasteiger partial charge in [-0.05, 0) is 6.07 Å². The summed E-state index contributed by atoms with van der Waals surface area (Å²) >= 11 is 0. The zero-order valence-electron chi connectivity index (χ0n) is 10.9. The largest absolute Gasteiger partial charge is 0.378 e. The van der Waals surface area contributed by atoms with Crippen molar-refractivity contribution in [3.05, 3.63) is 22.2 Å². The molecule has 0 atom stereocenters. The summed E-state index contributed by atoms with van der Waals surface area (Å²) in [6.45, 7) is 1.66. The van der Waals surface area contributed by atoms with Crippen LogP contribution in [0, 0.1) is 10.1 Å². The zero-order chi connectivity index (χ0) is 14.9. The zero-order valence-corrected chi connectivity index (χ0v) is 11.7. The van der Waals surface area contributed by atoms with Crippen LogP contribution in [-0.2, 0) is 10.0 Å². The van der Waals surface area contributed by atoms with Gasteiger partial charge in [0.1, 0.15) is 5.82 Å². The first-order valence-electron chi connectivity index (χ1n) is 5.90. The maximum absolute atomic E-state index is 11.4. The predicted molar refractivity (Wildman–Crippen MR) is 73.9 cm³/mol. The van der Waals surface area contributed by atoms with Gasteiger partial charge in [0, 0.05) is 32.2 Å². The highest BCUT2D eigenvalue weighted by Gasteiger charge is 2.25. The number of hydrogen-bond donors (Lipinski definition) is 1. The van der Waals surface area contributed by atoms with E-state index in [1.807, 2.05) is 4.90 Å². The van der Waals surface area contributed by atoms with Crippen LogP contribution in [-0.4, -0.2) is 55.1 Å². The number of rotatable bonds is 3. The lowest BCUT2D eigenvalue weighted by Gasteiger charge is -2.33. The van der Waals surface area contributed by atoms with Crippen molar-refractivity contribution in [2.45, 2.75) is 0 Å². The van der Waals surface area contributed by atoms with E-state index < -0.39 is 14.9 Å². The van der Waals surface area contributed by atoms with Crippen molar-refractivity contribution in [3.63, 3.8) is 0 Å². The fourth-order valence-corrected chi connectivity index (χ4v) is 2.86. The Morgan fingerprint density at radius 2 is 1.90 bits per heavy atom. The van der Waals surface area contributed by atoms with Crippen molar-refractivity contribution >= 4 is 27.3 Å². The van der Waals surface area contributed by atoms with Crippen LogP contribution in [0.5, 0.6) is 0 Å². The highest BCUT2D eigenvalue weighted by Crippen LogP contribution is 2.23. The maximum atomic E-state index is 11.4. The van der Waals surface area contributed by atoms with E-state index in [0.717, 1.165) is 0 Å². The molecule has 0 spiro atoms. The Morgan fingerprint density at radius 3 is 2.35 bits per heavy atom. The fraction of sp³-hybridized carbons (Fsp3) is 0.500. The molecule has 1 saturated heterocycles. The number of nitrogen functional groups attached to an aromatic ring is 1. The van der Waals surface area contributed by atoms with Crippen LogP contribution in [0.4, 0.5) is 17.3 Å². The van der Waals surface area contributed by atoms with Crippen LogP contribution in [0.15, 0.2) is 12.1 Å². The molecule has 0 unspecified atom stereocenters. The number of nitrogens with two attached hydrogens (primary N) is 1. The van der Waals surface area contributed by atoms with Crippen molar-refractivity contribution < 1.29 is 13.3 Å². The van der Waals surface area contributed by atoms with Crippen molar-refractivity contribution in [1.29, 1.82) is 0 Å².